The second-order valence-electron chi connectivity index (χ2n) is 5.82. The summed E-state index contributed by atoms with van der Waals surface area (Å²) in [6.07, 6.45) is 2.05. The summed E-state index contributed by atoms with van der Waals surface area (Å²) in [5.41, 5.74) is 0. The average molecular weight is 340 g/mol. The molecule has 0 saturated carbocycles. The lowest BCUT2D eigenvalue weighted by Crippen LogP contribution is -2.51. The molecule has 1 aliphatic rings. The van der Waals surface area contributed by atoms with Crippen LogP contribution >= 0.6 is 11.3 Å². The van der Waals surface area contributed by atoms with Crippen LogP contribution in [0.15, 0.2) is 12.1 Å². The van der Waals surface area contributed by atoms with Crippen LogP contribution in [0.4, 0.5) is 5.00 Å². The smallest absolute Gasteiger partial charge is 0.349 e. The number of esters is 1. The van der Waals surface area contributed by atoms with Crippen LogP contribution in [-0.2, 0) is 9.53 Å². The molecule has 126 valence electrons. The van der Waals surface area contributed by atoms with Gasteiger partial charge in [0.15, 0.2) is 6.10 Å². The van der Waals surface area contributed by atoms with Crippen molar-refractivity contribution in [3.8, 4) is 0 Å². The van der Waals surface area contributed by atoms with Gasteiger partial charge in [-0.15, -0.1) is 0 Å². The number of piperidine rings is 1. The van der Waals surface area contributed by atoms with Gasteiger partial charge in [-0.05, 0) is 46.1 Å². The van der Waals surface area contributed by atoms with Gasteiger partial charge in [0.2, 0.25) is 0 Å². The van der Waals surface area contributed by atoms with Crippen molar-refractivity contribution in [1.82, 2.24) is 4.90 Å². The Hall–Kier alpha value is -1.96. The van der Waals surface area contributed by atoms with E-state index in [2.05, 4.69) is 0 Å². The zero-order chi connectivity index (χ0) is 17.1. The Morgan fingerprint density at radius 1 is 1.35 bits per heavy atom. The first-order valence-electron chi connectivity index (χ1n) is 7.58. The molecule has 0 aromatic carbocycles. The van der Waals surface area contributed by atoms with E-state index in [-0.39, 0.29) is 27.9 Å². The maximum absolute atomic E-state index is 12.5. The second-order valence-corrected chi connectivity index (χ2v) is 6.88. The lowest BCUT2D eigenvalue weighted by molar-refractivity contribution is -0.380. The molecule has 0 radical (unpaired) electrons. The van der Waals surface area contributed by atoms with Gasteiger partial charge < -0.3 is 9.64 Å². The van der Waals surface area contributed by atoms with Gasteiger partial charge in [-0.2, -0.15) is 0 Å². The maximum atomic E-state index is 12.5. The Labute approximate surface area is 138 Å². The highest BCUT2D eigenvalue weighted by molar-refractivity contribution is 7.17. The molecular formula is C15H20N2O5S. The van der Waals surface area contributed by atoms with E-state index in [0.717, 1.165) is 30.6 Å². The molecule has 3 atom stereocenters. The highest BCUT2D eigenvalue weighted by Gasteiger charge is 2.33. The lowest BCUT2D eigenvalue weighted by atomic mass is 9.97. The van der Waals surface area contributed by atoms with Crippen molar-refractivity contribution < 1.29 is 19.2 Å². The van der Waals surface area contributed by atoms with E-state index < -0.39 is 17.0 Å². The molecule has 2 heterocycles. The third kappa shape index (κ3) is 3.87. The van der Waals surface area contributed by atoms with Crippen molar-refractivity contribution in [3.05, 3.63) is 27.1 Å². The Bertz CT molecular complexity index is 605. The Morgan fingerprint density at radius 3 is 2.48 bits per heavy atom. The number of nitro groups is 1. The van der Waals surface area contributed by atoms with Crippen LogP contribution < -0.4 is 0 Å². The summed E-state index contributed by atoms with van der Waals surface area (Å²) >= 11 is 0.741. The lowest BCUT2D eigenvalue weighted by Gasteiger charge is -2.40. The third-order valence-corrected chi connectivity index (χ3v) is 5.07. The molecule has 1 saturated heterocycles. The largest absolute Gasteiger partial charge is 0.448 e. The van der Waals surface area contributed by atoms with Crippen LogP contribution in [-0.4, -0.2) is 39.9 Å². The van der Waals surface area contributed by atoms with Crippen molar-refractivity contribution in [2.45, 2.75) is 58.2 Å². The molecular weight excluding hydrogens is 320 g/mol. The fraction of sp³-hybridized carbons (Fsp3) is 0.600. The highest BCUT2D eigenvalue weighted by atomic mass is 32.1. The first-order valence-corrected chi connectivity index (χ1v) is 8.40. The molecule has 1 fully saturated rings. The van der Waals surface area contributed by atoms with Gasteiger partial charge >= 0.3 is 11.0 Å². The van der Waals surface area contributed by atoms with Crippen LogP contribution in [0.1, 0.15) is 49.7 Å². The quantitative estimate of drug-likeness (QED) is 0.477. The molecule has 1 amide bonds. The molecule has 0 unspecified atom stereocenters. The van der Waals surface area contributed by atoms with E-state index in [1.54, 1.807) is 4.90 Å². The number of hydrogen-bond acceptors (Lipinski definition) is 6. The molecule has 1 aromatic heterocycles. The zero-order valence-electron chi connectivity index (χ0n) is 13.4. The van der Waals surface area contributed by atoms with E-state index in [1.165, 1.54) is 19.1 Å². The first kappa shape index (κ1) is 17.4. The van der Waals surface area contributed by atoms with Crippen LogP contribution in [0, 0.1) is 10.1 Å². The monoisotopic (exact) mass is 340 g/mol. The molecule has 1 aliphatic heterocycles. The van der Waals surface area contributed by atoms with E-state index in [0.29, 0.717) is 0 Å². The summed E-state index contributed by atoms with van der Waals surface area (Å²) in [7, 11) is 0. The predicted molar refractivity (Wildman–Crippen MR) is 85.5 cm³/mol. The summed E-state index contributed by atoms with van der Waals surface area (Å²) < 4.78 is 5.20. The van der Waals surface area contributed by atoms with E-state index in [1.807, 2.05) is 13.8 Å². The summed E-state index contributed by atoms with van der Waals surface area (Å²) in [5.74, 6) is -0.926. The summed E-state index contributed by atoms with van der Waals surface area (Å²) in [6.45, 7) is 5.52. The number of carbonyl (C=O) groups excluding carboxylic acids is 2. The van der Waals surface area contributed by atoms with Gasteiger partial charge in [-0.25, -0.2) is 4.79 Å². The molecule has 0 spiro atoms. The van der Waals surface area contributed by atoms with E-state index in [4.69, 9.17) is 4.74 Å². The minimum atomic E-state index is -0.911. The molecule has 0 bridgehead atoms. The van der Waals surface area contributed by atoms with E-state index >= 15 is 0 Å². The topological polar surface area (TPSA) is 89.8 Å². The van der Waals surface area contributed by atoms with Gasteiger partial charge in [-0.3, -0.25) is 14.9 Å². The standard InChI is InChI=1S/C15H20N2O5S/c1-9-5-4-6-10(2)16(9)14(18)11(3)22-15(19)12-7-8-13(23-12)17(20)21/h7-11H,4-6H2,1-3H3/t9-,10+,11-/m1/s1. The molecule has 7 nitrogen and oxygen atoms in total. The summed E-state index contributed by atoms with van der Waals surface area (Å²) in [4.78, 5) is 36.6. The van der Waals surface area contributed by atoms with Gasteiger partial charge in [0, 0.05) is 18.2 Å². The van der Waals surface area contributed by atoms with Crippen molar-refractivity contribution in [2.24, 2.45) is 0 Å². The fourth-order valence-electron chi connectivity index (χ4n) is 2.87. The zero-order valence-corrected chi connectivity index (χ0v) is 14.2. The maximum Gasteiger partial charge on any atom is 0.349 e. The van der Waals surface area contributed by atoms with E-state index in [9.17, 15) is 19.7 Å². The minimum Gasteiger partial charge on any atom is -0.448 e. The molecule has 0 N–H and O–H groups in total. The van der Waals surface area contributed by atoms with Gasteiger partial charge in [0.25, 0.3) is 5.91 Å². The van der Waals surface area contributed by atoms with Crippen LogP contribution in [0.25, 0.3) is 0 Å². The number of amides is 1. The number of likely N-dealkylation sites (tertiary alicyclic amines) is 1. The second kappa shape index (κ2) is 7.08. The summed E-state index contributed by atoms with van der Waals surface area (Å²) in [5, 5.41) is 10.5. The summed E-state index contributed by atoms with van der Waals surface area (Å²) in [6, 6.07) is 2.84. The third-order valence-electron chi connectivity index (χ3n) is 4.05. The number of hydrogen-bond donors (Lipinski definition) is 0. The van der Waals surface area contributed by atoms with Crippen LogP contribution in [0.2, 0.25) is 0 Å². The van der Waals surface area contributed by atoms with Crippen molar-refractivity contribution in [3.63, 3.8) is 0 Å². The Balaban J connectivity index is 2.02. The molecule has 0 aliphatic carbocycles. The number of thiophene rings is 1. The minimum absolute atomic E-state index is 0.121. The number of nitrogens with zero attached hydrogens (tertiary/aromatic N) is 2. The Morgan fingerprint density at radius 2 is 1.96 bits per heavy atom. The van der Waals surface area contributed by atoms with Crippen molar-refractivity contribution in [2.75, 3.05) is 0 Å². The predicted octanol–water partition coefficient (Wildman–Crippen LogP) is 2.99. The average Bonchev–Trinajstić information content (AvgIpc) is 2.96. The Kier molecular flexibility index (Phi) is 5.35. The molecule has 8 heteroatoms. The number of rotatable bonds is 4. The first-order chi connectivity index (χ1) is 10.8. The normalized spacial score (nSPS) is 22.5. The van der Waals surface area contributed by atoms with Crippen molar-refractivity contribution in [1.29, 1.82) is 0 Å². The number of ether oxygens (including phenoxy) is 1. The molecule has 23 heavy (non-hydrogen) atoms. The highest BCUT2D eigenvalue weighted by Crippen LogP contribution is 2.26. The molecule has 1 aromatic rings. The SMILES string of the molecule is C[C@@H]1CCC[C@H](C)N1C(=O)[C@@H](C)OC(=O)c1ccc([N+](=O)[O-])s1. The van der Waals surface area contributed by atoms with Crippen molar-refractivity contribution >= 4 is 28.2 Å². The molecule has 2 rings (SSSR count). The van der Waals surface area contributed by atoms with Crippen LogP contribution in [0.5, 0.6) is 0 Å². The fourth-order valence-corrected chi connectivity index (χ4v) is 3.57. The van der Waals surface area contributed by atoms with Gasteiger partial charge in [-0.1, -0.05) is 11.3 Å². The van der Waals surface area contributed by atoms with Gasteiger partial charge in [0.05, 0.1) is 4.92 Å². The number of carbonyl (C=O) groups is 2. The van der Waals surface area contributed by atoms with Crippen LogP contribution in [0.3, 0.4) is 0 Å². The van der Waals surface area contributed by atoms with Gasteiger partial charge in [0.1, 0.15) is 4.88 Å².